The molecule has 0 saturated carbocycles. The van der Waals surface area contributed by atoms with E-state index >= 15 is 0 Å². The van der Waals surface area contributed by atoms with Gasteiger partial charge in [0.1, 0.15) is 0 Å². The molecule has 6 heavy (non-hydrogen) atoms. The van der Waals surface area contributed by atoms with E-state index in [1.54, 1.807) is 0 Å². The monoisotopic (exact) mass is 144 g/mol. The number of hydrogen-bond donors (Lipinski definition) is 0. The van der Waals surface area contributed by atoms with Crippen LogP contribution in [0.2, 0.25) is 10.3 Å². The maximum atomic E-state index is 5.80. The van der Waals surface area contributed by atoms with Crippen molar-refractivity contribution in [2.24, 2.45) is 0 Å². The molecule has 2 heteroatoms. The van der Waals surface area contributed by atoms with Gasteiger partial charge in [0.05, 0.1) is 0 Å². The van der Waals surface area contributed by atoms with E-state index in [2.05, 4.69) is 13.8 Å². The molecule has 0 aromatic rings. The summed E-state index contributed by atoms with van der Waals surface area (Å²) in [6, 6.07) is 0. The summed E-state index contributed by atoms with van der Waals surface area (Å²) in [5.74, 6) is 0. The molecule has 0 spiro atoms. The Hall–Kier alpha value is 0.874. The Balaban J connectivity index is 2.75. The molecule has 0 aliphatic heterocycles. The summed E-state index contributed by atoms with van der Waals surface area (Å²) in [7, 11) is 5.80. The van der Waals surface area contributed by atoms with E-state index in [0.717, 1.165) is 0 Å². The van der Waals surface area contributed by atoms with Gasteiger partial charge in [0.25, 0.3) is 0 Å². The van der Waals surface area contributed by atoms with Crippen LogP contribution in [0.15, 0.2) is 0 Å². The van der Waals surface area contributed by atoms with Gasteiger partial charge in [-0.15, -0.1) is 0 Å². The van der Waals surface area contributed by atoms with Crippen LogP contribution >= 0.6 is 9.85 Å². The minimum atomic E-state index is -0.743. The predicted molar refractivity (Wildman–Crippen MR) is 26.8 cm³/mol. The summed E-state index contributed by atoms with van der Waals surface area (Å²) in [5.41, 5.74) is 0. The van der Waals surface area contributed by atoms with Gasteiger partial charge in [0, 0.05) is 0 Å². The Labute approximate surface area is 48.5 Å². The summed E-state index contributed by atoms with van der Waals surface area (Å²) in [6.45, 7) is 4.33. The summed E-state index contributed by atoms with van der Waals surface area (Å²) in [6.07, 6.45) is 0. The van der Waals surface area contributed by atoms with E-state index < -0.39 is 14.2 Å². The second-order valence-corrected chi connectivity index (χ2v) is 6.49. The van der Waals surface area contributed by atoms with Crippen molar-refractivity contribution in [1.29, 1.82) is 0 Å². The van der Waals surface area contributed by atoms with E-state index in [1.165, 1.54) is 10.3 Å². The van der Waals surface area contributed by atoms with Crippen LogP contribution < -0.4 is 0 Å². The minimum absolute atomic E-state index is 0.743. The van der Waals surface area contributed by atoms with Crippen LogP contribution in [0.3, 0.4) is 0 Å². The summed E-state index contributed by atoms with van der Waals surface area (Å²) in [4.78, 5) is 0. The quantitative estimate of drug-likeness (QED) is 0.559. The Morgan fingerprint density at radius 1 is 1.33 bits per heavy atom. The average Bonchev–Trinajstić information content (AvgIpc) is 1.65. The van der Waals surface area contributed by atoms with Gasteiger partial charge in [-0.25, -0.2) is 0 Å². The second kappa shape index (κ2) is 4.04. The van der Waals surface area contributed by atoms with Crippen LogP contribution in [0.1, 0.15) is 13.8 Å². The van der Waals surface area contributed by atoms with Gasteiger partial charge >= 0.3 is 48.2 Å². The van der Waals surface area contributed by atoms with Crippen LogP contribution in [0, 0.1) is 0 Å². The second-order valence-electron chi connectivity index (χ2n) is 1.10. The molecular formula is C4H10ClV. The Morgan fingerprint density at radius 3 is 1.67 bits per heavy atom. The topological polar surface area (TPSA) is 0 Å². The van der Waals surface area contributed by atoms with Gasteiger partial charge in [-0.1, -0.05) is 0 Å². The normalized spacial score (nSPS) is 10.0. The fraction of sp³-hybridized carbons (Fsp3) is 1.00. The van der Waals surface area contributed by atoms with Crippen molar-refractivity contribution in [2.45, 2.75) is 24.1 Å². The number of rotatable bonds is 2. The third kappa shape index (κ3) is 3.08. The standard InChI is InChI=1S/2C2H5.ClH.V/c2*1-2;;/h2*1H2,2H3;1H;/q;;;+1/p-1. The van der Waals surface area contributed by atoms with Gasteiger partial charge in [0.15, 0.2) is 0 Å². The molecule has 0 unspecified atom stereocenters. The van der Waals surface area contributed by atoms with Crippen molar-refractivity contribution < 1.29 is 14.2 Å². The van der Waals surface area contributed by atoms with E-state index in [4.69, 9.17) is 9.85 Å². The van der Waals surface area contributed by atoms with E-state index in [0.29, 0.717) is 0 Å². The molecule has 38 valence electrons. The first-order valence-electron chi connectivity index (χ1n) is 2.22. The van der Waals surface area contributed by atoms with Crippen molar-refractivity contribution in [3.8, 4) is 0 Å². The molecule has 0 heterocycles. The zero-order valence-corrected chi connectivity index (χ0v) is 6.39. The van der Waals surface area contributed by atoms with E-state index in [-0.39, 0.29) is 0 Å². The molecule has 0 bridgehead atoms. The molecule has 0 aliphatic carbocycles. The molecule has 0 N–H and O–H groups in total. The summed E-state index contributed by atoms with van der Waals surface area (Å²) in [5, 5.41) is 2.48. The number of hydrogen-bond acceptors (Lipinski definition) is 0. The van der Waals surface area contributed by atoms with Gasteiger partial charge < -0.3 is 0 Å². The number of halogens is 1. The van der Waals surface area contributed by atoms with Crippen molar-refractivity contribution in [3.05, 3.63) is 0 Å². The zero-order valence-electron chi connectivity index (χ0n) is 4.24. The van der Waals surface area contributed by atoms with Crippen LogP contribution in [-0.2, 0) is 14.2 Å². The Bertz CT molecular complexity index is 26.7. The van der Waals surface area contributed by atoms with Crippen molar-refractivity contribution >= 4 is 9.85 Å². The van der Waals surface area contributed by atoms with Crippen LogP contribution in [0.25, 0.3) is 0 Å². The molecule has 0 aliphatic rings. The molecule has 0 rings (SSSR count). The average molecular weight is 145 g/mol. The van der Waals surface area contributed by atoms with Crippen molar-refractivity contribution in [3.63, 3.8) is 0 Å². The third-order valence-electron chi connectivity index (χ3n) is 0.686. The predicted octanol–water partition coefficient (Wildman–Crippen LogP) is 2.63. The molecule has 0 fully saturated rings. The van der Waals surface area contributed by atoms with Gasteiger partial charge in [-0.05, 0) is 0 Å². The molecule has 0 nitrogen and oxygen atoms in total. The van der Waals surface area contributed by atoms with Gasteiger partial charge in [-0.3, -0.25) is 0 Å². The molecule has 0 radical (unpaired) electrons. The van der Waals surface area contributed by atoms with Gasteiger partial charge in [0.2, 0.25) is 0 Å². The summed E-state index contributed by atoms with van der Waals surface area (Å²) < 4.78 is 0. The van der Waals surface area contributed by atoms with Gasteiger partial charge in [-0.2, -0.15) is 0 Å². The third-order valence-corrected chi connectivity index (χ3v) is 4.80. The molecule has 0 atom stereocenters. The van der Waals surface area contributed by atoms with E-state index in [1.807, 2.05) is 0 Å². The van der Waals surface area contributed by atoms with Crippen molar-refractivity contribution in [2.75, 3.05) is 0 Å². The molecular weight excluding hydrogens is 134 g/mol. The molecule has 0 amide bonds. The first-order chi connectivity index (χ1) is 2.81. The molecule has 0 saturated heterocycles. The Morgan fingerprint density at radius 2 is 1.67 bits per heavy atom. The van der Waals surface area contributed by atoms with E-state index in [9.17, 15) is 0 Å². The zero-order chi connectivity index (χ0) is 4.99. The van der Waals surface area contributed by atoms with Crippen molar-refractivity contribution in [1.82, 2.24) is 0 Å². The SMILES string of the molecule is C[CH2][V]([Cl])[CH2]C. The van der Waals surface area contributed by atoms with Crippen LogP contribution in [0.5, 0.6) is 0 Å². The van der Waals surface area contributed by atoms with Crippen LogP contribution in [0.4, 0.5) is 0 Å². The molecule has 0 aromatic heterocycles. The van der Waals surface area contributed by atoms with Crippen LogP contribution in [-0.4, -0.2) is 0 Å². The Kier molecular flexibility index (Phi) is 4.63. The fourth-order valence-electron chi connectivity index (χ4n) is 0.224. The fourth-order valence-corrected chi connectivity index (χ4v) is 0.922. The summed E-state index contributed by atoms with van der Waals surface area (Å²) >= 11 is -0.743. The maximum absolute atomic E-state index is 5.80. The molecule has 0 aromatic carbocycles. The first kappa shape index (κ1) is 6.87. The first-order valence-corrected chi connectivity index (χ1v) is 6.11.